The maximum atomic E-state index is 11.7. The van der Waals surface area contributed by atoms with Crippen LogP contribution in [0.1, 0.15) is 52.9 Å². The van der Waals surface area contributed by atoms with Gasteiger partial charge in [-0.15, -0.1) is 0 Å². The second-order valence-electron chi connectivity index (χ2n) is 4.82. The molecule has 0 aromatic carbocycles. The van der Waals surface area contributed by atoms with E-state index in [2.05, 4.69) is 12.2 Å². The van der Waals surface area contributed by atoms with Gasteiger partial charge in [0.05, 0.1) is 0 Å². The molecule has 0 rings (SSSR count). The molecular formula is C13H25NO4. The highest BCUT2D eigenvalue weighted by molar-refractivity contribution is 5.88. The van der Waals surface area contributed by atoms with Crippen molar-refractivity contribution in [1.29, 1.82) is 0 Å². The molecule has 2 N–H and O–H groups in total. The molecule has 0 saturated carbocycles. The van der Waals surface area contributed by atoms with E-state index in [1.165, 1.54) is 7.11 Å². The maximum absolute atomic E-state index is 11.7. The van der Waals surface area contributed by atoms with Crippen molar-refractivity contribution in [3.8, 4) is 0 Å². The zero-order chi connectivity index (χ0) is 14.2. The lowest BCUT2D eigenvalue weighted by Gasteiger charge is -2.27. The first-order valence-corrected chi connectivity index (χ1v) is 6.45. The Morgan fingerprint density at radius 2 is 1.94 bits per heavy atom. The predicted molar refractivity (Wildman–Crippen MR) is 69.4 cm³/mol. The number of carboxylic acids is 1. The number of carboxylic acid groups (broad SMARTS) is 1. The molecule has 0 aromatic heterocycles. The number of carbonyl (C=O) groups is 2. The first-order valence-electron chi connectivity index (χ1n) is 6.45. The molecule has 0 spiro atoms. The summed E-state index contributed by atoms with van der Waals surface area (Å²) in [6, 6.07) is 0. The molecular weight excluding hydrogens is 234 g/mol. The SMILES string of the molecule is CCCCCC[C@](C)(NC(=O)[C@@H](C)OC)C(=O)O. The smallest absolute Gasteiger partial charge is 0.329 e. The third-order valence-electron chi connectivity index (χ3n) is 3.12. The van der Waals surface area contributed by atoms with Crippen molar-refractivity contribution in [2.45, 2.75) is 64.5 Å². The first kappa shape index (κ1) is 16.9. The summed E-state index contributed by atoms with van der Waals surface area (Å²) >= 11 is 0. The summed E-state index contributed by atoms with van der Waals surface area (Å²) in [6.07, 6.45) is 3.74. The van der Waals surface area contributed by atoms with Crippen LogP contribution in [0.3, 0.4) is 0 Å². The fraction of sp³-hybridized carbons (Fsp3) is 0.846. The number of aliphatic carboxylic acids is 1. The summed E-state index contributed by atoms with van der Waals surface area (Å²) in [7, 11) is 1.42. The molecule has 5 heteroatoms. The first-order chi connectivity index (χ1) is 8.37. The quantitative estimate of drug-likeness (QED) is 0.621. The van der Waals surface area contributed by atoms with Crippen LogP contribution in [0.5, 0.6) is 0 Å². The number of unbranched alkanes of at least 4 members (excludes halogenated alkanes) is 3. The summed E-state index contributed by atoms with van der Waals surface area (Å²) in [5, 5.41) is 11.8. The van der Waals surface area contributed by atoms with E-state index in [0.29, 0.717) is 6.42 Å². The lowest BCUT2D eigenvalue weighted by atomic mass is 9.93. The Kier molecular flexibility index (Phi) is 7.59. The monoisotopic (exact) mass is 259 g/mol. The van der Waals surface area contributed by atoms with Gasteiger partial charge >= 0.3 is 5.97 Å². The highest BCUT2D eigenvalue weighted by Crippen LogP contribution is 2.16. The van der Waals surface area contributed by atoms with E-state index in [-0.39, 0.29) is 0 Å². The Morgan fingerprint density at radius 1 is 1.33 bits per heavy atom. The van der Waals surface area contributed by atoms with Gasteiger partial charge in [-0.2, -0.15) is 0 Å². The molecule has 0 aliphatic heterocycles. The van der Waals surface area contributed by atoms with Gasteiger partial charge in [-0.1, -0.05) is 32.6 Å². The van der Waals surface area contributed by atoms with Gasteiger partial charge < -0.3 is 15.2 Å². The van der Waals surface area contributed by atoms with E-state index in [0.717, 1.165) is 25.7 Å². The molecule has 0 heterocycles. The normalized spacial score (nSPS) is 15.8. The van der Waals surface area contributed by atoms with Crippen LogP contribution in [-0.2, 0) is 14.3 Å². The van der Waals surface area contributed by atoms with Crippen molar-refractivity contribution in [3.05, 3.63) is 0 Å². The van der Waals surface area contributed by atoms with Gasteiger partial charge in [-0.25, -0.2) is 4.79 Å². The van der Waals surface area contributed by atoms with E-state index in [1.54, 1.807) is 13.8 Å². The molecule has 1 amide bonds. The van der Waals surface area contributed by atoms with E-state index >= 15 is 0 Å². The topological polar surface area (TPSA) is 75.6 Å². The van der Waals surface area contributed by atoms with Crippen LogP contribution in [0, 0.1) is 0 Å². The van der Waals surface area contributed by atoms with E-state index in [9.17, 15) is 14.7 Å². The number of ether oxygens (including phenoxy) is 1. The fourth-order valence-corrected chi connectivity index (χ4v) is 1.61. The number of methoxy groups -OCH3 is 1. The molecule has 5 nitrogen and oxygen atoms in total. The molecule has 2 atom stereocenters. The molecule has 0 saturated heterocycles. The van der Waals surface area contributed by atoms with Gasteiger partial charge in [0, 0.05) is 7.11 Å². The van der Waals surface area contributed by atoms with Crippen LogP contribution in [0.4, 0.5) is 0 Å². The largest absolute Gasteiger partial charge is 0.480 e. The summed E-state index contributed by atoms with van der Waals surface area (Å²) in [4.78, 5) is 23.0. The Balaban J connectivity index is 4.43. The zero-order valence-corrected chi connectivity index (χ0v) is 11.8. The van der Waals surface area contributed by atoms with Crippen LogP contribution < -0.4 is 5.32 Å². The number of hydrogen-bond donors (Lipinski definition) is 2. The summed E-state index contributed by atoms with van der Waals surface area (Å²) in [5.41, 5.74) is -1.21. The maximum Gasteiger partial charge on any atom is 0.329 e. The standard InChI is InChI=1S/C13H25NO4/c1-5-6-7-8-9-13(3,12(16)17)14-11(15)10(2)18-4/h10H,5-9H2,1-4H3,(H,14,15)(H,16,17)/t10-,13+/m1/s1. The van der Waals surface area contributed by atoms with Crippen molar-refractivity contribution < 1.29 is 19.4 Å². The highest BCUT2D eigenvalue weighted by Gasteiger charge is 2.35. The summed E-state index contributed by atoms with van der Waals surface area (Å²) in [5.74, 6) is -1.39. The molecule has 0 aliphatic rings. The van der Waals surface area contributed by atoms with Crippen LogP contribution in [0.15, 0.2) is 0 Å². The number of rotatable bonds is 9. The Hall–Kier alpha value is -1.10. The zero-order valence-electron chi connectivity index (χ0n) is 11.8. The summed E-state index contributed by atoms with van der Waals surface area (Å²) < 4.78 is 4.88. The number of amides is 1. The molecule has 18 heavy (non-hydrogen) atoms. The van der Waals surface area contributed by atoms with Crippen LogP contribution in [-0.4, -0.2) is 35.7 Å². The molecule has 0 aliphatic carbocycles. The lowest BCUT2D eigenvalue weighted by Crippen LogP contribution is -2.54. The average molecular weight is 259 g/mol. The third kappa shape index (κ3) is 5.49. The second kappa shape index (κ2) is 8.08. The van der Waals surface area contributed by atoms with Gasteiger partial charge in [-0.3, -0.25) is 4.79 Å². The van der Waals surface area contributed by atoms with Gasteiger partial charge in [0.25, 0.3) is 0 Å². The molecule has 0 fully saturated rings. The van der Waals surface area contributed by atoms with E-state index < -0.39 is 23.5 Å². The van der Waals surface area contributed by atoms with Crippen LogP contribution in [0.2, 0.25) is 0 Å². The number of carbonyl (C=O) groups excluding carboxylic acids is 1. The van der Waals surface area contributed by atoms with Crippen molar-refractivity contribution in [2.75, 3.05) is 7.11 Å². The van der Waals surface area contributed by atoms with Gasteiger partial charge in [-0.05, 0) is 20.3 Å². The van der Waals surface area contributed by atoms with Crippen molar-refractivity contribution in [1.82, 2.24) is 5.32 Å². The minimum absolute atomic E-state index is 0.391. The van der Waals surface area contributed by atoms with Gasteiger partial charge in [0.1, 0.15) is 11.6 Å². The Bertz CT molecular complexity index is 280. The molecule has 0 bridgehead atoms. The van der Waals surface area contributed by atoms with E-state index in [4.69, 9.17) is 4.74 Å². The Morgan fingerprint density at radius 3 is 2.39 bits per heavy atom. The Labute approximate surface area is 109 Å². The highest BCUT2D eigenvalue weighted by atomic mass is 16.5. The van der Waals surface area contributed by atoms with Crippen molar-refractivity contribution in [2.24, 2.45) is 0 Å². The summed E-state index contributed by atoms with van der Waals surface area (Å²) in [6.45, 7) is 5.23. The van der Waals surface area contributed by atoms with Crippen molar-refractivity contribution in [3.63, 3.8) is 0 Å². The molecule has 106 valence electrons. The fourth-order valence-electron chi connectivity index (χ4n) is 1.61. The minimum Gasteiger partial charge on any atom is -0.480 e. The minimum atomic E-state index is -1.21. The average Bonchev–Trinajstić information content (AvgIpc) is 2.33. The van der Waals surface area contributed by atoms with Crippen molar-refractivity contribution >= 4 is 11.9 Å². The van der Waals surface area contributed by atoms with Gasteiger partial charge in [0.15, 0.2) is 0 Å². The molecule has 0 unspecified atom stereocenters. The predicted octanol–water partition coefficient (Wildman–Crippen LogP) is 1.95. The van der Waals surface area contributed by atoms with Crippen LogP contribution >= 0.6 is 0 Å². The number of hydrogen-bond acceptors (Lipinski definition) is 3. The van der Waals surface area contributed by atoms with Gasteiger partial charge in [0.2, 0.25) is 5.91 Å². The number of nitrogens with one attached hydrogen (secondary N) is 1. The third-order valence-corrected chi connectivity index (χ3v) is 3.12. The second-order valence-corrected chi connectivity index (χ2v) is 4.82. The lowest BCUT2D eigenvalue weighted by molar-refractivity contribution is -0.149. The van der Waals surface area contributed by atoms with Crippen LogP contribution in [0.25, 0.3) is 0 Å². The van der Waals surface area contributed by atoms with E-state index in [1.807, 2.05) is 0 Å². The molecule has 0 aromatic rings. The molecule has 0 radical (unpaired) electrons.